The first-order valence-electron chi connectivity index (χ1n) is 5.10. The largest absolute Gasteiger partial charge is 0.368 e. The van der Waals surface area contributed by atoms with Gasteiger partial charge in [0, 0.05) is 4.88 Å². The van der Waals surface area contributed by atoms with E-state index in [1.807, 2.05) is 17.5 Å². The Morgan fingerprint density at radius 3 is 3.11 bits per heavy atom. The monoisotopic (exact) mass is 281 g/mol. The van der Waals surface area contributed by atoms with Gasteiger partial charge >= 0.3 is 0 Å². The number of hydrogen-bond donors (Lipinski definition) is 2. The van der Waals surface area contributed by atoms with Gasteiger partial charge in [0.2, 0.25) is 11.9 Å². The second-order valence-corrected chi connectivity index (χ2v) is 5.25. The van der Waals surface area contributed by atoms with Crippen LogP contribution in [0.4, 0.5) is 5.95 Å². The topological polar surface area (TPSA) is 93.8 Å². The molecule has 94 valence electrons. The minimum absolute atomic E-state index is 0.0626. The molecule has 2 heterocycles. The van der Waals surface area contributed by atoms with Crippen molar-refractivity contribution in [3.05, 3.63) is 28.7 Å². The van der Waals surface area contributed by atoms with Crippen LogP contribution in [0.15, 0.2) is 29.0 Å². The third-order valence-electron chi connectivity index (χ3n) is 1.94. The van der Waals surface area contributed by atoms with E-state index in [0.29, 0.717) is 11.7 Å². The van der Waals surface area contributed by atoms with Gasteiger partial charge in [0.05, 0.1) is 12.3 Å². The van der Waals surface area contributed by atoms with Gasteiger partial charge in [-0.15, -0.1) is 11.3 Å². The van der Waals surface area contributed by atoms with E-state index in [4.69, 9.17) is 5.73 Å². The molecule has 2 aromatic rings. The molecule has 3 N–H and O–H groups in total. The van der Waals surface area contributed by atoms with Crippen LogP contribution in [0.2, 0.25) is 0 Å². The van der Waals surface area contributed by atoms with Gasteiger partial charge in [-0.05, 0) is 11.4 Å². The lowest BCUT2D eigenvalue weighted by molar-refractivity contribution is -0.118. The Bertz CT molecular complexity index is 517. The molecule has 0 spiro atoms. The summed E-state index contributed by atoms with van der Waals surface area (Å²) in [5.41, 5.74) is 5.41. The molecule has 0 atom stereocenters. The molecule has 0 saturated heterocycles. The zero-order chi connectivity index (χ0) is 12.8. The van der Waals surface area contributed by atoms with E-state index >= 15 is 0 Å². The third-order valence-corrected chi connectivity index (χ3v) is 3.68. The van der Waals surface area contributed by atoms with Crippen LogP contribution in [0.1, 0.15) is 4.88 Å². The number of amides is 1. The van der Waals surface area contributed by atoms with Crippen molar-refractivity contribution >= 4 is 35.0 Å². The van der Waals surface area contributed by atoms with Crippen molar-refractivity contribution in [1.29, 1.82) is 0 Å². The molecular formula is C10H11N5OS2. The first-order chi connectivity index (χ1) is 8.74. The maximum atomic E-state index is 11.6. The van der Waals surface area contributed by atoms with E-state index in [-0.39, 0.29) is 17.6 Å². The number of carbonyl (C=O) groups is 1. The standard InChI is InChI=1S/C10H11N5OS2/c11-9-13-6-14-10(15-9)18-5-8(16)12-4-7-2-1-3-17-7/h1-3,6H,4-5H2,(H,12,16)(H2,11,13,14,15). The summed E-state index contributed by atoms with van der Waals surface area (Å²) in [7, 11) is 0. The number of rotatable bonds is 5. The maximum absolute atomic E-state index is 11.6. The molecule has 0 radical (unpaired) electrons. The second kappa shape index (κ2) is 6.31. The highest BCUT2D eigenvalue weighted by Crippen LogP contribution is 2.12. The quantitative estimate of drug-likeness (QED) is 0.792. The molecule has 0 aromatic carbocycles. The summed E-state index contributed by atoms with van der Waals surface area (Å²) in [5, 5.41) is 5.25. The van der Waals surface area contributed by atoms with E-state index in [9.17, 15) is 4.79 Å². The normalized spacial score (nSPS) is 10.2. The van der Waals surface area contributed by atoms with Crippen molar-refractivity contribution < 1.29 is 4.79 Å². The number of thioether (sulfide) groups is 1. The van der Waals surface area contributed by atoms with E-state index in [1.165, 1.54) is 18.1 Å². The fourth-order valence-corrected chi connectivity index (χ4v) is 2.43. The lowest BCUT2D eigenvalue weighted by Gasteiger charge is -2.02. The van der Waals surface area contributed by atoms with Gasteiger partial charge in [-0.2, -0.15) is 4.98 Å². The lowest BCUT2D eigenvalue weighted by atomic mass is 10.4. The van der Waals surface area contributed by atoms with Gasteiger partial charge in [-0.3, -0.25) is 4.79 Å². The van der Waals surface area contributed by atoms with Crippen LogP contribution in [0.3, 0.4) is 0 Å². The van der Waals surface area contributed by atoms with Crippen molar-refractivity contribution in [2.24, 2.45) is 0 Å². The molecule has 6 nitrogen and oxygen atoms in total. The van der Waals surface area contributed by atoms with Crippen molar-refractivity contribution in [3.8, 4) is 0 Å². The van der Waals surface area contributed by atoms with E-state index in [2.05, 4.69) is 20.3 Å². The van der Waals surface area contributed by atoms with Crippen LogP contribution in [0.25, 0.3) is 0 Å². The van der Waals surface area contributed by atoms with E-state index < -0.39 is 0 Å². The molecular weight excluding hydrogens is 270 g/mol. The zero-order valence-electron chi connectivity index (χ0n) is 9.37. The van der Waals surface area contributed by atoms with Crippen molar-refractivity contribution in [3.63, 3.8) is 0 Å². The Labute approximate surface area is 112 Å². The summed E-state index contributed by atoms with van der Waals surface area (Å²) in [5.74, 6) is 0.355. The lowest BCUT2D eigenvalue weighted by Crippen LogP contribution is -2.24. The smallest absolute Gasteiger partial charge is 0.230 e. The number of nitrogens with one attached hydrogen (secondary N) is 1. The average Bonchev–Trinajstić information content (AvgIpc) is 2.87. The van der Waals surface area contributed by atoms with Crippen molar-refractivity contribution in [1.82, 2.24) is 20.3 Å². The Kier molecular flexibility index (Phi) is 4.48. The number of hydrogen-bond acceptors (Lipinski definition) is 7. The predicted molar refractivity (Wildman–Crippen MR) is 71.1 cm³/mol. The molecule has 0 aliphatic carbocycles. The molecule has 8 heteroatoms. The first kappa shape index (κ1) is 12.8. The molecule has 0 aliphatic heterocycles. The summed E-state index contributed by atoms with van der Waals surface area (Å²) >= 11 is 2.84. The summed E-state index contributed by atoms with van der Waals surface area (Å²) in [6.45, 7) is 0.552. The van der Waals surface area contributed by atoms with Gasteiger partial charge in [-0.25, -0.2) is 9.97 Å². The predicted octanol–water partition coefficient (Wildman–Crippen LogP) is 0.924. The van der Waals surface area contributed by atoms with Gasteiger partial charge in [0.25, 0.3) is 0 Å². The van der Waals surface area contributed by atoms with Crippen LogP contribution >= 0.6 is 23.1 Å². The van der Waals surface area contributed by atoms with Gasteiger partial charge < -0.3 is 11.1 Å². The molecule has 1 amide bonds. The van der Waals surface area contributed by atoms with Crippen LogP contribution in [0.5, 0.6) is 0 Å². The Balaban J connectivity index is 1.75. The molecule has 0 saturated carbocycles. The van der Waals surface area contributed by atoms with E-state index in [0.717, 1.165) is 4.88 Å². The number of carbonyl (C=O) groups excluding carboxylic acids is 1. The van der Waals surface area contributed by atoms with Crippen molar-refractivity contribution in [2.75, 3.05) is 11.5 Å². The highest BCUT2D eigenvalue weighted by Gasteiger charge is 2.05. The second-order valence-electron chi connectivity index (χ2n) is 3.27. The Morgan fingerprint density at radius 1 is 1.50 bits per heavy atom. The fraction of sp³-hybridized carbons (Fsp3) is 0.200. The van der Waals surface area contributed by atoms with Gasteiger partial charge in [-0.1, -0.05) is 17.8 Å². The molecule has 18 heavy (non-hydrogen) atoms. The highest BCUT2D eigenvalue weighted by atomic mass is 32.2. The first-order valence-corrected chi connectivity index (χ1v) is 6.97. The van der Waals surface area contributed by atoms with Crippen molar-refractivity contribution in [2.45, 2.75) is 11.7 Å². The van der Waals surface area contributed by atoms with Crippen LogP contribution in [-0.4, -0.2) is 26.6 Å². The summed E-state index contributed by atoms with van der Waals surface area (Å²) in [6.07, 6.45) is 1.33. The molecule has 2 rings (SSSR count). The molecule has 2 aromatic heterocycles. The Morgan fingerprint density at radius 2 is 2.39 bits per heavy atom. The number of aromatic nitrogens is 3. The number of nitrogens with zero attached hydrogens (tertiary/aromatic N) is 3. The van der Waals surface area contributed by atoms with Gasteiger partial charge in [0.1, 0.15) is 6.33 Å². The SMILES string of the molecule is Nc1ncnc(SCC(=O)NCc2cccs2)n1. The molecule has 0 aliphatic rings. The fourth-order valence-electron chi connectivity index (χ4n) is 1.14. The van der Waals surface area contributed by atoms with E-state index in [1.54, 1.807) is 11.3 Å². The summed E-state index contributed by atoms with van der Waals surface area (Å²) in [6, 6.07) is 3.93. The Hall–Kier alpha value is -1.67. The minimum Gasteiger partial charge on any atom is -0.368 e. The van der Waals surface area contributed by atoms with Crippen LogP contribution < -0.4 is 11.1 Å². The maximum Gasteiger partial charge on any atom is 0.230 e. The summed E-state index contributed by atoms with van der Waals surface area (Å²) < 4.78 is 0. The number of nitrogen functional groups attached to an aromatic ring is 1. The minimum atomic E-state index is -0.0626. The number of thiophene rings is 1. The van der Waals surface area contributed by atoms with Crippen LogP contribution in [-0.2, 0) is 11.3 Å². The summed E-state index contributed by atoms with van der Waals surface area (Å²) in [4.78, 5) is 24.2. The molecule has 0 unspecified atom stereocenters. The number of anilines is 1. The average molecular weight is 281 g/mol. The molecule has 0 fully saturated rings. The zero-order valence-corrected chi connectivity index (χ0v) is 11.0. The number of nitrogens with two attached hydrogens (primary N) is 1. The third kappa shape index (κ3) is 3.97. The van der Waals surface area contributed by atoms with Gasteiger partial charge in [0.15, 0.2) is 5.16 Å². The molecule has 0 bridgehead atoms. The highest BCUT2D eigenvalue weighted by molar-refractivity contribution is 7.99. The van der Waals surface area contributed by atoms with Crippen LogP contribution in [0, 0.1) is 0 Å².